The normalized spacial score (nSPS) is 40.2. The second-order valence-electron chi connectivity index (χ2n) is 12.8. The molecule has 1 aromatic rings. The van der Waals surface area contributed by atoms with Gasteiger partial charge in [-0.1, -0.05) is 43.7 Å². The van der Waals surface area contributed by atoms with Crippen molar-refractivity contribution in [3.05, 3.63) is 71.0 Å². The molecule has 1 aliphatic heterocycles. The van der Waals surface area contributed by atoms with E-state index < -0.39 is 58.2 Å². The van der Waals surface area contributed by atoms with Gasteiger partial charge in [0.05, 0.1) is 18.1 Å². The van der Waals surface area contributed by atoms with Crippen LogP contribution in [-0.2, 0) is 14.3 Å². The maximum Gasteiger partial charge on any atom is 0.335 e. The Hall–Kier alpha value is -3.27. The van der Waals surface area contributed by atoms with Crippen molar-refractivity contribution in [1.29, 1.82) is 0 Å². The van der Waals surface area contributed by atoms with Gasteiger partial charge in [0.15, 0.2) is 5.78 Å². The Kier molecular flexibility index (Phi) is 6.88. The van der Waals surface area contributed by atoms with Crippen molar-refractivity contribution in [3.8, 4) is 0 Å². The number of aliphatic hydroxyl groups excluding tert-OH is 2. The molecule has 5 aliphatic rings. The molecule has 1 heterocycles. The monoisotopic (exact) mass is 566 g/mol. The van der Waals surface area contributed by atoms with E-state index in [0.29, 0.717) is 24.8 Å². The molecule has 0 bridgehead atoms. The quantitative estimate of drug-likeness (QED) is 0.332. The molecule has 1 saturated heterocycles. The lowest BCUT2D eigenvalue weighted by Crippen LogP contribution is -2.63. The Morgan fingerprint density at radius 3 is 2.46 bits per heavy atom. The Morgan fingerprint density at radius 1 is 1.15 bits per heavy atom. The zero-order valence-electron chi connectivity index (χ0n) is 23.7. The molecule has 0 amide bonds. The molecular weight excluding hydrogens is 528 g/mol. The summed E-state index contributed by atoms with van der Waals surface area (Å²) in [4.78, 5) is 34.6. The number of hydrogen-bond acceptors (Lipinski definition) is 7. The number of hydrogen-bond donors (Lipinski definition) is 5. The summed E-state index contributed by atoms with van der Waals surface area (Å²) in [6, 6.07) is 6.82. The number of ether oxygens (including phenoxy) is 1. The lowest BCUT2D eigenvalue weighted by molar-refractivity contribution is -0.172. The third-order valence-electron chi connectivity index (χ3n) is 10.6. The average Bonchev–Trinajstić information content (AvgIpc) is 3.58. The Bertz CT molecular complexity index is 1390. The van der Waals surface area contributed by atoms with Crippen LogP contribution in [0.5, 0.6) is 0 Å². The fraction of sp³-hybridized carbons (Fsp3) is 0.531. The highest BCUT2D eigenvalue weighted by atomic mass is 16.6. The lowest BCUT2D eigenvalue weighted by Gasteiger charge is -2.54. The minimum absolute atomic E-state index is 0.0187. The highest BCUT2D eigenvalue weighted by molar-refractivity contribution is 5.95. The number of benzene rings is 1. The van der Waals surface area contributed by atoms with Crippen molar-refractivity contribution < 1.29 is 44.7 Å². The summed E-state index contributed by atoms with van der Waals surface area (Å²) in [6.45, 7) is 7.72. The van der Waals surface area contributed by atoms with Gasteiger partial charge >= 0.3 is 11.9 Å². The van der Waals surface area contributed by atoms with Gasteiger partial charge in [-0.25, -0.2) is 4.79 Å². The van der Waals surface area contributed by atoms with Crippen LogP contribution in [0.4, 0.5) is 0 Å². The summed E-state index contributed by atoms with van der Waals surface area (Å²) in [6.07, 6.45) is 6.80. The first-order valence-corrected chi connectivity index (χ1v) is 14.1. The van der Waals surface area contributed by atoms with Crippen LogP contribution >= 0.6 is 0 Å². The summed E-state index contributed by atoms with van der Waals surface area (Å²) in [5.74, 6) is -3.06. The van der Waals surface area contributed by atoms with Gasteiger partial charge in [-0.05, 0) is 80.7 Å². The van der Waals surface area contributed by atoms with Crippen LogP contribution in [0, 0.1) is 35.5 Å². The van der Waals surface area contributed by atoms with Crippen molar-refractivity contribution in [3.63, 3.8) is 0 Å². The number of ketones is 1. The van der Waals surface area contributed by atoms with E-state index in [1.165, 1.54) is 0 Å². The van der Waals surface area contributed by atoms with Crippen molar-refractivity contribution >= 4 is 17.7 Å². The highest BCUT2D eigenvalue weighted by Crippen LogP contribution is 2.75. The van der Waals surface area contributed by atoms with Gasteiger partial charge in [-0.2, -0.15) is 0 Å². The summed E-state index contributed by atoms with van der Waals surface area (Å²) in [7, 11) is 0. The molecule has 2 saturated carbocycles. The van der Waals surface area contributed by atoms with E-state index in [9.17, 15) is 29.7 Å². The number of fused-ring (bicyclic) bond motifs is 3. The average molecular weight is 567 g/mol. The van der Waals surface area contributed by atoms with Crippen molar-refractivity contribution in [2.45, 2.75) is 76.8 Å². The van der Waals surface area contributed by atoms with Crippen LogP contribution in [0.15, 0.2) is 59.9 Å². The van der Waals surface area contributed by atoms with Gasteiger partial charge in [0, 0.05) is 10.8 Å². The van der Waals surface area contributed by atoms with Crippen LogP contribution in [0.1, 0.15) is 62.4 Å². The predicted octanol–water partition coefficient (Wildman–Crippen LogP) is 3.98. The SMILES string of the molecule is C[C@@H]1C[C@H]2[C@@H]3CC=C4C=C(O)C=C[C@]4(C)[C@@]34O[C@H]4C[C@]2(C)[C@@]1(O)C(=O)C(O)CC(=O)O.Cc1cccc(C(=O)O)c1. The maximum absolute atomic E-state index is 13.2. The number of epoxide rings is 1. The number of aromatic carboxylic acids is 1. The summed E-state index contributed by atoms with van der Waals surface area (Å²) >= 11 is 0. The number of allylic oxidation sites excluding steroid dienone is 3. The second-order valence-corrected chi connectivity index (χ2v) is 12.8. The molecule has 1 spiro atoms. The van der Waals surface area contributed by atoms with Crippen LogP contribution < -0.4 is 0 Å². The molecule has 9 heteroatoms. The third-order valence-corrected chi connectivity index (χ3v) is 10.6. The number of carboxylic acid groups (broad SMARTS) is 2. The van der Waals surface area contributed by atoms with E-state index in [1.807, 2.05) is 32.9 Å². The molecule has 0 aromatic heterocycles. The zero-order chi connectivity index (χ0) is 30.1. The fourth-order valence-corrected chi connectivity index (χ4v) is 8.56. The first-order valence-electron chi connectivity index (χ1n) is 14.1. The van der Waals surface area contributed by atoms with Crippen LogP contribution in [-0.4, -0.2) is 66.7 Å². The van der Waals surface area contributed by atoms with Crippen LogP contribution in [0.2, 0.25) is 0 Å². The van der Waals surface area contributed by atoms with E-state index in [0.717, 1.165) is 11.1 Å². The second kappa shape index (κ2) is 9.64. The van der Waals surface area contributed by atoms with E-state index >= 15 is 0 Å². The van der Waals surface area contributed by atoms with Gasteiger partial charge in [-0.15, -0.1) is 0 Å². The highest BCUT2D eigenvalue weighted by Gasteiger charge is 2.81. The Morgan fingerprint density at radius 2 is 1.85 bits per heavy atom. The number of carboxylic acids is 2. The first kappa shape index (κ1) is 29.2. The number of carbonyl (C=O) groups is 3. The molecule has 5 N–H and O–H groups in total. The van der Waals surface area contributed by atoms with Crippen LogP contribution in [0.25, 0.3) is 0 Å². The van der Waals surface area contributed by atoms with Crippen molar-refractivity contribution in [2.24, 2.45) is 28.6 Å². The molecule has 6 rings (SSSR count). The Balaban J connectivity index is 0.000000287. The summed E-state index contributed by atoms with van der Waals surface area (Å²) < 4.78 is 6.43. The van der Waals surface area contributed by atoms with Gasteiger partial charge in [-0.3, -0.25) is 9.59 Å². The van der Waals surface area contributed by atoms with Crippen molar-refractivity contribution in [1.82, 2.24) is 0 Å². The number of carbonyl (C=O) groups excluding carboxylic acids is 1. The molecule has 9 atom stereocenters. The molecule has 1 aromatic carbocycles. The largest absolute Gasteiger partial charge is 0.508 e. The maximum atomic E-state index is 13.2. The molecule has 0 radical (unpaired) electrons. The molecule has 9 nitrogen and oxygen atoms in total. The zero-order valence-corrected chi connectivity index (χ0v) is 23.7. The third kappa shape index (κ3) is 4.12. The predicted molar refractivity (Wildman–Crippen MR) is 148 cm³/mol. The van der Waals surface area contributed by atoms with Gasteiger partial charge in [0.25, 0.3) is 0 Å². The standard InChI is InChI=1S/C24H30O7.C8H8O2/c1-12-8-16-15-5-4-13-9-14(25)6-7-21(13,2)24(15)18(31-24)11-22(16,3)23(12,30)20(29)17(26)10-19(27)28;1-6-3-2-4-7(5-6)8(9)10/h4,6-7,9,12,15-18,25-26,30H,5,8,10-11H2,1-3H3,(H,27,28);2-5H,1H3,(H,9,10)/t12-,15+,16+,17?,18+,21+,22+,23+,24-;/m1./s1. The molecule has 3 fully saturated rings. The van der Waals surface area contributed by atoms with E-state index in [2.05, 4.69) is 13.0 Å². The van der Waals surface area contributed by atoms with E-state index in [4.69, 9.17) is 14.9 Å². The fourth-order valence-electron chi connectivity index (χ4n) is 8.56. The summed E-state index contributed by atoms with van der Waals surface area (Å²) in [5.41, 5.74) is -1.12. The number of aliphatic carboxylic acids is 1. The molecule has 41 heavy (non-hydrogen) atoms. The smallest absolute Gasteiger partial charge is 0.335 e. The van der Waals surface area contributed by atoms with E-state index in [-0.39, 0.29) is 23.7 Å². The van der Waals surface area contributed by atoms with Crippen LogP contribution in [0.3, 0.4) is 0 Å². The minimum atomic E-state index is -1.81. The Labute approximate surface area is 238 Å². The minimum Gasteiger partial charge on any atom is -0.508 e. The van der Waals surface area contributed by atoms with Gasteiger partial charge in [0.2, 0.25) is 0 Å². The number of aryl methyl sites for hydroxylation is 1. The number of Topliss-reactive ketones (excluding diaryl/α,β-unsaturated/α-hetero) is 1. The topological polar surface area (TPSA) is 165 Å². The van der Waals surface area contributed by atoms with Gasteiger partial charge in [0.1, 0.15) is 23.1 Å². The lowest BCUT2D eigenvalue weighted by atomic mass is 9.47. The first-order chi connectivity index (χ1) is 19.1. The molecule has 1 unspecified atom stereocenters. The summed E-state index contributed by atoms with van der Waals surface area (Å²) in [5, 5.41) is 49.6. The molecule has 4 aliphatic carbocycles. The number of aliphatic hydroxyl groups is 3. The van der Waals surface area contributed by atoms with Crippen molar-refractivity contribution in [2.75, 3.05) is 0 Å². The molecule has 220 valence electrons. The van der Waals surface area contributed by atoms with Gasteiger partial charge < -0.3 is 30.3 Å². The molecular formula is C32H38O9. The van der Waals surface area contributed by atoms with E-state index in [1.54, 1.807) is 30.4 Å². The number of rotatable bonds is 5.